The number of amides is 1. The number of methoxy groups -OCH3 is 1. The Morgan fingerprint density at radius 2 is 1.79 bits per heavy atom. The molecule has 2 aliphatic rings. The van der Waals surface area contributed by atoms with Crippen LogP contribution in [0.2, 0.25) is 0 Å². The molecule has 3 rings (SSSR count). The van der Waals surface area contributed by atoms with Crippen LogP contribution in [-0.2, 0) is 9.53 Å². The molecule has 1 saturated carbocycles. The molecule has 1 saturated heterocycles. The summed E-state index contributed by atoms with van der Waals surface area (Å²) in [5.41, 5.74) is 1.29. The van der Waals surface area contributed by atoms with Gasteiger partial charge in [-0.1, -0.05) is 12.8 Å². The molecule has 0 radical (unpaired) electrons. The number of hydrogen-bond acceptors (Lipinski definition) is 4. The summed E-state index contributed by atoms with van der Waals surface area (Å²) in [6.07, 6.45) is 6.51. The van der Waals surface area contributed by atoms with E-state index in [2.05, 4.69) is 20.5 Å². The van der Waals surface area contributed by atoms with Gasteiger partial charge >= 0.3 is 0 Å². The maximum Gasteiger partial charge on any atom is 0.224 e. The Kier molecular flexibility index (Phi) is 11.7. The van der Waals surface area contributed by atoms with Gasteiger partial charge in [-0.2, -0.15) is 0 Å². The van der Waals surface area contributed by atoms with E-state index in [1.54, 1.807) is 26.3 Å². The van der Waals surface area contributed by atoms with Crippen molar-refractivity contribution in [2.45, 2.75) is 38.5 Å². The van der Waals surface area contributed by atoms with Crippen molar-refractivity contribution in [2.24, 2.45) is 10.4 Å². The fraction of sp³-hybridized carbons (Fsp3) is 0.667. The molecule has 186 valence electrons. The number of hydrogen-bond donors (Lipinski definition) is 2. The van der Waals surface area contributed by atoms with Crippen LogP contribution in [0.1, 0.15) is 38.5 Å². The molecule has 7 nitrogen and oxygen atoms in total. The maximum atomic E-state index is 13.1. The molecule has 1 amide bonds. The molecular weight excluding hydrogens is 536 g/mol. The summed E-state index contributed by atoms with van der Waals surface area (Å²) in [7, 11) is 3.53. The predicted octanol–water partition coefficient (Wildman–Crippen LogP) is 3.24. The third-order valence-electron chi connectivity index (χ3n) is 6.81. The van der Waals surface area contributed by atoms with Gasteiger partial charge in [0.2, 0.25) is 5.91 Å². The lowest BCUT2D eigenvalue weighted by Crippen LogP contribution is -2.49. The van der Waals surface area contributed by atoms with Crippen molar-refractivity contribution in [1.82, 2.24) is 15.5 Å². The molecular formula is C24H39FIN5O2. The van der Waals surface area contributed by atoms with Gasteiger partial charge < -0.3 is 25.2 Å². The van der Waals surface area contributed by atoms with Crippen LogP contribution >= 0.6 is 24.0 Å². The Morgan fingerprint density at radius 3 is 2.39 bits per heavy atom. The molecule has 1 aliphatic heterocycles. The number of piperazine rings is 1. The standard InChI is InChI=1S/C24H38FN5O2.HI/c1-26-23(28-19-24(12-18-32-2)10-3-4-11-24)27-13-9-22(31)30-16-14-29(15-17-30)21-7-5-20(25)6-8-21;/h5-8H,3-4,9-19H2,1-2H3,(H2,26,27,28);1H. The highest BCUT2D eigenvalue weighted by Crippen LogP contribution is 2.40. The van der Waals surface area contributed by atoms with Crippen molar-refractivity contribution in [3.63, 3.8) is 0 Å². The predicted molar refractivity (Wildman–Crippen MR) is 142 cm³/mol. The van der Waals surface area contributed by atoms with Crippen LogP contribution in [0, 0.1) is 11.2 Å². The molecule has 1 aliphatic carbocycles. The summed E-state index contributed by atoms with van der Waals surface area (Å²) >= 11 is 0. The van der Waals surface area contributed by atoms with Gasteiger partial charge in [0.05, 0.1) is 0 Å². The second-order valence-electron chi connectivity index (χ2n) is 8.90. The highest BCUT2D eigenvalue weighted by molar-refractivity contribution is 14.0. The molecule has 1 aromatic rings. The Bertz CT molecular complexity index is 748. The number of benzene rings is 1. The topological polar surface area (TPSA) is 69.2 Å². The third-order valence-corrected chi connectivity index (χ3v) is 6.81. The zero-order valence-electron chi connectivity index (χ0n) is 19.9. The molecule has 2 fully saturated rings. The van der Waals surface area contributed by atoms with Crippen LogP contribution in [0.4, 0.5) is 10.1 Å². The molecule has 2 N–H and O–H groups in total. The first-order chi connectivity index (χ1) is 15.5. The molecule has 0 bridgehead atoms. The number of rotatable bonds is 9. The first-order valence-electron chi connectivity index (χ1n) is 11.8. The minimum absolute atomic E-state index is 0. The van der Waals surface area contributed by atoms with Gasteiger partial charge in [0.25, 0.3) is 0 Å². The molecule has 9 heteroatoms. The third kappa shape index (κ3) is 8.27. The van der Waals surface area contributed by atoms with Gasteiger partial charge in [0, 0.05) is 72.1 Å². The minimum atomic E-state index is -0.229. The molecule has 0 unspecified atom stereocenters. The van der Waals surface area contributed by atoms with E-state index in [9.17, 15) is 9.18 Å². The zero-order valence-corrected chi connectivity index (χ0v) is 22.3. The fourth-order valence-corrected chi connectivity index (χ4v) is 4.76. The van der Waals surface area contributed by atoms with Gasteiger partial charge in [-0.25, -0.2) is 4.39 Å². The zero-order chi connectivity index (χ0) is 22.8. The van der Waals surface area contributed by atoms with Gasteiger partial charge in [0.15, 0.2) is 5.96 Å². The van der Waals surface area contributed by atoms with Gasteiger partial charge in [-0.05, 0) is 48.9 Å². The van der Waals surface area contributed by atoms with Gasteiger partial charge in [-0.3, -0.25) is 9.79 Å². The molecule has 0 atom stereocenters. The van der Waals surface area contributed by atoms with E-state index in [-0.39, 0.29) is 41.1 Å². The monoisotopic (exact) mass is 575 g/mol. The lowest BCUT2D eigenvalue weighted by molar-refractivity contribution is -0.131. The van der Waals surface area contributed by atoms with E-state index < -0.39 is 0 Å². The number of carbonyl (C=O) groups excluding carboxylic acids is 1. The summed E-state index contributed by atoms with van der Waals surface area (Å²) in [6, 6.07) is 6.54. The number of nitrogens with zero attached hydrogens (tertiary/aromatic N) is 3. The summed E-state index contributed by atoms with van der Waals surface area (Å²) in [5.74, 6) is 0.676. The van der Waals surface area contributed by atoms with Crippen molar-refractivity contribution in [3.05, 3.63) is 30.1 Å². The van der Waals surface area contributed by atoms with Crippen molar-refractivity contribution >= 4 is 41.5 Å². The van der Waals surface area contributed by atoms with E-state index in [1.165, 1.54) is 37.8 Å². The SMILES string of the molecule is CN=C(NCCC(=O)N1CCN(c2ccc(F)cc2)CC1)NCC1(CCOC)CCCC1.I. The van der Waals surface area contributed by atoms with Crippen molar-refractivity contribution in [3.8, 4) is 0 Å². The smallest absolute Gasteiger partial charge is 0.224 e. The summed E-state index contributed by atoms with van der Waals surface area (Å²) < 4.78 is 18.4. The molecule has 33 heavy (non-hydrogen) atoms. The lowest BCUT2D eigenvalue weighted by atomic mass is 9.83. The molecule has 1 heterocycles. The number of ether oxygens (including phenoxy) is 1. The van der Waals surface area contributed by atoms with Crippen molar-refractivity contribution in [2.75, 3.05) is 64.9 Å². The van der Waals surface area contributed by atoms with E-state index >= 15 is 0 Å². The Hall–Kier alpha value is -1.62. The summed E-state index contributed by atoms with van der Waals surface area (Å²) in [6.45, 7) is 5.12. The maximum absolute atomic E-state index is 13.1. The highest BCUT2D eigenvalue weighted by atomic mass is 127. The first kappa shape index (κ1) is 27.6. The van der Waals surface area contributed by atoms with Gasteiger partial charge in [-0.15, -0.1) is 24.0 Å². The fourth-order valence-electron chi connectivity index (χ4n) is 4.76. The van der Waals surface area contributed by atoms with Crippen LogP contribution in [0.5, 0.6) is 0 Å². The molecule has 0 aromatic heterocycles. The second-order valence-corrected chi connectivity index (χ2v) is 8.90. The van der Waals surface area contributed by atoms with Crippen LogP contribution in [0.15, 0.2) is 29.3 Å². The van der Waals surface area contributed by atoms with Crippen LogP contribution in [0.3, 0.4) is 0 Å². The van der Waals surface area contributed by atoms with Gasteiger partial charge in [0.1, 0.15) is 5.82 Å². The number of nitrogens with one attached hydrogen (secondary N) is 2. The molecule has 1 aromatic carbocycles. The minimum Gasteiger partial charge on any atom is -0.385 e. The number of halogens is 2. The number of guanidine groups is 1. The van der Waals surface area contributed by atoms with Crippen molar-refractivity contribution < 1.29 is 13.9 Å². The summed E-state index contributed by atoms with van der Waals surface area (Å²) in [5, 5.41) is 6.76. The second kappa shape index (κ2) is 13.9. The number of aliphatic imine (C=N–C) groups is 1. The first-order valence-corrected chi connectivity index (χ1v) is 11.8. The lowest BCUT2D eigenvalue weighted by Gasteiger charge is -2.36. The normalized spacial score (nSPS) is 18.1. The van der Waals surface area contributed by atoms with E-state index in [4.69, 9.17) is 4.74 Å². The van der Waals surface area contributed by atoms with E-state index in [1.807, 2.05) is 4.90 Å². The van der Waals surface area contributed by atoms with Crippen molar-refractivity contribution in [1.29, 1.82) is 0 Å². The summed E-state index contributed by atoms with van der Waals surface area (Å²) in [4.78, 5) is 21.1. The average molecular weight is 576 g/mol. The Balaban J connectivity index is 0.00000385. The highest BCUT2D eigenvalue weighted by Gasteiger charge is 2.33. The largest absolute Gasteiger partial charge is 0.385 e. The van der Waals surface area contributed by atoms with E-state index in [0.29, 0.717) is 26.1 Å². The average Bonchev–Trinajstić information content (AvgIpc) is 3.29. The quantitative estimate of drug-likeness (QED) is 0.269. The van der Waals surface area contributed by atoms with Crippen LogP contribution < -0.4 is 15.5 Å². The number of carbonyl (C=O) groups is 1. The Labute approximate surface area is 214 Å². The van der Waals surface area contributed by atoms with Crippen LogP contribution in [-0.4, -0.2) is 76.8 Å². The van der Waals surface area contributed by atoms with Crippen LogP contribution in [0.25, 0.3) is 0 Å². The molecule has 0 spiro atoms. The van der Waals surface area contributed by atoms with E-state index in [0.717, 1.165) is 44.3 Å². The number of anilines is 1. The Morgan fingerprint density at radius 1 is 1.12 bits per heavy atom.